The number of phenolic OH excluding ortho intramolecular Hbond substituents is 2. The van der Waals surface area contributed by atoms with Crippen LogP contribution in [0.2, 0.25) is 0 Å². The average molecular weight is 298 g/mol. The molecule has 1 aromatic carbocycles. The SMILES string of the molecule is O=C(O)c1c(-c2ccccn2)[nH]c(=O)c2c(O)cc(O)cc12. The highest BCUT2D eigenvalue weighted by Crippen LogP contribution is 2.32. The predicted octanol–water partition coefficient (Wildman–Crippen LogP) is 1.70. The molecule has 7 heteroatoms. The van der Waals surface area contributed by atoms with Crippen molar-refractivity contribution < 1.29 is 20.1 Å². The molecule has 0 bridgehead atoms. The zero-order valence-electron chi connectivity index (χ0n) is 11.1. The van der Waals surface area contributed by atoms with Gasteiger partial charge < -0.3 is 20.3 Å². The molecular formula is C15H10N2O5. The summed E-state index contributed by atoms with van der Waals surface area (Å²) < 4.78 is 0. The molecule has 0 aliphatic heterocycles. The van der Waals surface area contributed by atoms with Crippen molar-refractivity contribution in [1.29, 1.82) is 0 Å². The minimum Gasteiger partial charge on any atom is -0.508 e. The number of nitrogens with one attached hydrogen (secondary N) is 1. The van der Waals surface area contributed by atoms with E-state index in [-0.39, 0.29) is 33.5 Å². The smallest absolute Gasteiger partial charge is 0.338 e. The summed E-state index contributed by atoms with van der Waals surface area (Å²) in [5, 5.41) is 28.6. The second-order valence-electron chi connectivity index (χ2n) is 4.61. The molecule has 0 atom stereocenters. The van der Waals surface area contributed by atoms with Gasteiger partial charge in [0.25, 0.3) is 5.56 Å². The summed E-state index contributed by atoms with van der Waals surface area (Å²) in [6.07, 6.45) is 1.46. The van der Waals surface area contributed by atoms with Gasteiger partial charge >= 0.3 is 5.97 Å². The molecule has 2 aromatic heterocycles. The maximum atomic E-state index is 12.2. The van der Waals surface area contributed by atoms with Crippen molar-refractivity contribution in [3.63, 3.8) is 0 Å². The first-order valence-electron chi connectivity index (χ1n) is 6.25. The van der Waals surface area contributed by atoms with Crippen LogP contribution in [0.25, 0.3) is 22.2 Å². The number of pyridine rings is 2. The lowest BCUT2D eigenvalue weighted by atomic mass is 10.0. The molecule has 0 spiro atoms. The molecule has 0 unspecified atom stereocenters. The van der Waals surface area contributed by atoms with Crippen LogP contribution in [0.1, 0.15) is 10.4 Å². The largest absolute Gasteiger partial charge is 0.508 e. The quantitative estimate of drug-likeness (QED) is 0.571. The fourth-order valence-corrected chi connectivity index (χ4v) is 2.35. The van der Waals surface area contributed by atoms with Gasteiger partial charge in [-0.25, -0.2) is 4.79 Å². The van der Waals surface area contributed by atoms with Gasteiger partial charge in [0.05, 0.1) is 22.3 Å². The van der Waals surface area contributed by atoms with Gasteiger partial charge in [-0.15, -0.1) is 0 Å². The number of rotatable bonds is 2. The third kappa shape index (κ3) is 2.05. The number of carbonyl (C=O) groups is 1. The van der Waals surface area contributed by atoms with E-state index in [4.69, 9.17) is 0 Å². The molecule has 22 heavy (non-hydrogen) atoms. The number of phenols is 2. The van der Waals surface area contributed by atoms with Crippen molar-refractivity contribution in [1.82, 2.24) is 9.97 Å². The standard InChI is InChI=1S/C15H10N2O5/c18-7-5-8-11(10(19)6-7)14(20)17-13(12(8)15(21)22)9-3-1-2-4-16-9/h1-6,18-19H,(H,17,20)(H,21,22). The second-order valence-corrected chi connectivity index (χ2v) is 4.61. The first-order valence-corrected chi connectivity index (χ1v) is 6.25. The summed E-state index contributed by atoms with van der Waals surface area (Å²) in [7, 11) is 0. The number of H-pyrrole nitrogens is 1. The Balaban J connectivity index is 2.52. The third-order valence-corrected chi connectivity index (χ3v) is 3.22. The molecule has 110 valence electrons. The summed E-state index contributed by atoms with van der Waals surface area (Å²) in [4.78, 5) is 30.3. The molecule has 0 saturated carbocycles. The summed E-state index contributed by atoms with van der Waals surface area (Å²) in [5.41, 5.74) is -0.644. The fraction of sp³-hybridized carbons (Fsp3) is 0. The lowest BCUT2D eigenvalue weighted by Gasteiger charge is -2.10. The number of aromatic hydroxyl groups is 2. The minimum absolute atomic E-state index is 0.00981. The maximum Gasteiger partial charge on any atom is 0.338 e. The highest BCUT2D eigenvalue weighted by atomic mass is 16.4. The molecule has 0 amide bonds. The predicted molar refractivity (Wildman–Crippen MR) is 78.1 cm³/mol. The van der Waals surface area contributed by atoms with Crippen LogP contribution in [-0.4, -0.2) is 31.3 Å². The zero-order chi connectivity index (χ0) is 15.9. The highest BCUT2D eigenvalue weighted by Gasteiger charge is 2.21. The van der Waals surface area contributed by atoms with Crippen molar-refractivity contribution in [2.24, 2.45) is 0 Å². The molecule has 3 rings (SSSR count). The number of aromatic nitrogens is 2. The van der Waals surface area contributed by atoms with Crippen molar-refractivity contribution in [2.45, 2.75) is 0 Å². The Morgan fingerprint density at radius 1 is 1.18 bits per heavy atom. The molecule has 4 N–H and O–H groups in total. The molecule has 0 radical (unpaired) electrons. The Morgan fingerprint density at radius 2 is 1.95 bits per heavy atom. The molecule has 7 nitrogen and oxygen atoms in total. The van der Waals surface area contributed by atoms with Gasteiger partial charge in [-0.3, -0.25) is 9.78 Å². The molecule has 2 heterocycles. The number of hydrogen-bond acceptors (Lipinski definition) is 5. The lowest BCUT2D eigenvalue weighted by molar-refractivity contribution is 0.0699. The Hall–Kier alpha value is -3.35. The Kier molecular flexibility index (Phi) is 3.03. The summed E-state index contributed by atoms with van der Waals surface area (Å²) in [5.74, 6) is -2.15. The second kappa shape index (κ2) is 4.88. The van der Waals surface area contributed by atoms with Crippen molar-refractivity contribution >= 4 is 16.7 Å². The van der Waals surface area contributed by atoms with Crippen LogP contribution in [0.3, 0.4) is 0 Å². The molecule has 0 aliphatic rings. The molecule has 0 aliphatic carbocycles. The van der Waals surface area contributed by atoms with E-state index >= 15 is 0 Å². The van der Waals surface area contributed by atoms with Gasteiger partial charge in [0.1, 0.15) is 11.5 Å². The molecule has 0 saturated heterocycles. The van der Waals surface area contributed by atoms with E-state index in [1.807, 2.05) is 0 Å². The number of fused-ring (bicyclic) bond motifs is 1. The summed E-state index contributed by atoms with van der Waals surface area (Å²) >= 11 is 0. The van der Waals surface area contributed by atoms with Crippen molar-refractivity contribution in [3.05, 3.63) is 52.4 Å². The van der Waals surface area contributed by atoms with E-state index in [0.717, 1.165) is 12.1 Å². The van der Waals surface area contributed by atoms with Crippen LogP contribution in [0.15, 0.2) is 41.3 Å². The van der Waals surface area contributed by atoms with E-state index < -0.39 is 17.3 Å². The van der Waals surface area contributed by atoms with Crippen LogP contribution in [-0.2, 0) is 0 Å². The van der Waals surface area contributed by atoms with E-state index in [2.05, 4.69) is 9.97 Å². The number of aromatic amines is 1. The van der Waals surface area contributed by atoms with Gasteiger partial charge in [0.2, 0.25) is 0 Å². The Morgan fingerprint density at radius 3 is 2.59 bits per heavy atom. The van der Waals surface area contributed by atoms with Gasteiger partial charge in [0.15, 0.2) is 0 Å². The molecule has 0 fully saturated rings. The van der Waals surface area contributed by atoms with Crippen molar-refractivity contribution in [2.75, 3.05) is 0 Å². The maximum absolute atomic E-state index is 12.2. The number of aromatic carboxylic acids is 1. The number of carboxylic acid groups (broad SMARTS) is 1. The molecule has 3 aromatic rings. The first-order chi connectivity index (χ1) is 10.5. The number of nitrogens with zero attached hydrogens (tertiary/aromatic N) is 1. The van der Waals surface area contributed by atoms with E-state index in [9.17, 15) is 24.9 Å². The van der Waals surface area contributed by atoms with E-state index in [1.165, 1.54) is 6.20 Å². The van der Waals surface area contributed by atoms with E-state index in [1.54, 1.807) is 18.2 Å². The van der Waals surface area contributed by atoms with Crippen LogP contribution in [0.5, 0.6) is 11.5 Å². The van der Waals surface area contributed by atoms with Gasteiger partial charge in [-0.2, -0.15) is 0 Å². The van der Waals surface area contributed by atoms with Crippen LogP contribution in [0, 0.1) is 0 Å². The highest BCUT2D eigenvalue weighted by molar-refractivity contribution is 6.09. The monoisotopic (exact) mass is 298 g/mol. The Bertz CT molecular complexity index is 948. The summed E-state index contributed by atoms with van der Waals surface area (Å²) in [6, 6.07) is 6.95. The number of carboxylic acids is 1. The van der Waals surface area contributed by atoms with Gasteiger partial charge in [-0.05, 0) is 18.2 Å². The molecular weight excluding hydrogens is 288 g/mol. The average Bonchev–Trinajstić information content (AvgIpc) is 2.46. The first kappa shape index (κ1) is 13.6. The summed E-state index contributed by atoms with van der Waals surface area (Å²) in [6.45, 7) is 0. The number of hydrogen-bond donors (Lipinski definition) is 4. The Labute approximate surface area is 123 Å². The zero-order valence-corrected chi connectivity index (χ0v) is 11.1. The third-order valence-electron chi connectivity index (χ3n) is 3.22. The van der Waals surface area contributed by atoms with Crippen LogP contribution >= 0.6 is 0 Å². The fourth-order valence-electron chi connectivity index (χ4n) is 2.35. The van der Waals surface area contributed by atoms with Crippen LogP contribution in [0.4, 0.5) is 0 Å². The topological polar surface area (TPSA) is 124 Å². The van der Waals surface area contributed by atoms with E-state index in [0.29, 0.717) is 0 Å². The van der Waals surface area contributed by atoms with Gasteiger partial charge in [0, 0.05) is 17.6 Å². The normalized spacial score (nSPS) is 10.7. The van der Waals surface area contributed by atoms with Crippen LogP contribution < -0.4 is 5.56 Å². The lowest BCUT2D eigenvalue weighted by Crippen LogP contribution is -2.14. The van der Waals surface area contributed by atoms with Gasteiger partial charge in [-0.1, -0.05) is 6.07 Å². The minimum atomic E-state index is -1.31. The van der Waals surface area contributed by atoms with Crippen molar-refractivity contribution in [3.8, 4) is 22.9 Å². The number of benzene rings is 1.